The molecule has 4 nitrogen and oxygen atoms in total. The fourth-order valence-electron chi connectivity index (χ4n) is 3.00. The second-order valence-electron chi connectivity index (χ2n) is 6.78. The molecule has 0 radical (unpaired) electrons. The Morgan fingerprint density at radius 3 is 2.50 bits per heavy atom. The van der Waals surface area contributed by atoms with E-state index in [0.717, 1.165) is 38.9 Å². The van der Waals surface area contributed by atoms with E-state index in [2.05, 4.69) is 48.3 Å². The third-order valence-corrected chi connectivity index (χ3v) is 4.25. The number of carbonyl (C=O) groups excluding carboxylic acids is 1. The number of nitrogens with zero attached hydrogens (tertiary/aromatic N) is 1. The van der Waals surface area contributed by atoms with Crippen LogP contribution in [0.25, 0.3) is 0 Å². The van der Waals surface area contributed by atoms with Crippen LogP contribution in [0.2, 0.25) is 0 Å². The van der Waals surface area contributed by atoms with Crippen LogP contribution in [0.1, 0.15) is 38.7 Å². The van der Waals surface area contributed by atoms with Crippen molar-refractivity contribution in [2.24, 2.45) is 11.7 Å². The number of hydrogen-bond donors (Lipinski definition) is 2. The summed E-state index contributed by atoms with van der Waals surface area (Å²) in [6.07, 6.45) is 2.76. The Kier molecular flexibility index (Phi) is 6.40. The minimum Gasteiger partial charge on any atom is -0.352 e. The Bertz CT molecular complexity index is 453. The van der Waals surface area contributed by atoms with Crippen molar-refractivity contribution in [2.45, 2.75) is 51.7 Å². The Morgan fingerprint density at radius 1 is 1.27 bits per heavy atom. The van der Waals surface area contributed by atoms with Gasteiger partial charge in [-0.05, 0) is 30.7 Å². The SMILES string of the molecule is CC(C)C[C@H](N)C(=O)NC1CCN(Cc2ccccc2)CC1. The molecule has 2 rings (SSSR count). The monoisotopic (exact) mass is 303 g/mol. The number of hydrogen-bond acceptors (Lipinski definition) is 3. The summed E-state index contributed by atoms with van der Waals surface area (Å²) in [5.74, 6) is 0.462. The molecule has 1 atom stereocenters. The summed E-state index contributed by atoms with van der Waals surface area (Å²) in [6, 6.07) is 10.4. The predicted octanol–water partition coefficient (Wildman–Crippen LogP) is 2.14. The first-order valence-electron chi connectivity index (χ1n) is 8.37. The highest BCUT2D eigenvalue weighted by Crippen LogP contribution is 2.14. The molecule has 0 bridgehead atoms. The number of carbonyl (C=O) groups is 1. The van der Waals surface area contributed by atoms with E-state index in [4.69, 9.17) is 5.73 Å². The van der Waals surface area contributed by atoms with Crippen molar-refractivity contribution >= 4 is 5.91 Å². The van der Waals surface area contributed by atoms with E-state index >= 15 is 0 Å². The van der Waals surface area contributed by atoms with E-state index in [1.54, 1.807) is 0 Å². The summed E-state index contributed by atoms with van der Waals surface area (Å²) in [7, 11) is 0. The molecule has 0 saturated carbocycles. The molecule has 0 unspecified atom stereocenters. The molecule has 0 spiro atoms. The zero-order valence-corrected chi connectivity index (χ0v) is 13.8. The molecule has 1 heterocycles. The fourth-order valence-corrected chi connectivity index (χ4v) is 3.00. The molecule has 1 amide bonds. The topological polar surface area (TPSA) is 58.4 Å². The number of nitrogens with two attached hydrogens (primary N) is 1. The molecule has 0 aromatic heterocycles. The number of piperidine rings is 1. The smallest absolute Gasteiger partial charge is 0.237 e. The van der Waals surface area contributed by atoms with Gasteiger partial charge in [0.15, 0.2) is 0 Å². The zero-order chi connectivity index (χ0) is 15.9. The van der Waals surface area contributed by atoms with Crippen LogP contribution in [0.5, 0.6) is 0 Å². The number of nitrogens with one attached hydrogen (secondary N) is 1. The molecule has 1 aliphatic rings. The normalized spacial score (nSPS) is 18.4. The van der Waals surface area contributed by atoms with Crippen molar-refractivity contribution in [2.75, 3.05) is 13.1 Å². The summed E-state index contributed by atoms with van der Waals surface area (Å²) < 4.78 is 0. The lowest BCUT2D eigenvalue weighted by molar-refractivity contribution is -0.123. The maximum atomic E-state index is 12.1. The maximum Gasteiger partial charge on any atom is 0.237 e. The minimum absolute atomic E-state index is 0.00945. The lowest BCUT2D eigenvalue weighted by atomic mass is 10.0. The molecule has 1 aliphatic heterocycles. The second-order valence-corrected chi connectivity index (χ2v) is 6.78. The van der Waals surface area contributed by atoms with Gasteiger partial charge in [-0.25, -0.2) is 0 Å². The van der Waals surface area contributed by atoms with Gasteiger partial charge in [0.05, 0.1) is 6.04 Å². The molecule has 22 heavy (non-hydrogen) atoms. The van der Waals surface area contributed by atoms with Gasteiger partial charge >= 0.3 is 0 Å². The van der Waals surface area contributed by atoms with Crippen LogP contribution in [0, 0.1) is 5.92 Å². The largest absolute Gasteiger partial charge is 0.352 e. The van der Waals surface area contributed by atoms with Crippen LogP contribution < -0.4 is 11.1 Å². The van der Waals surface area contributed by atoms with Crippen LogP contribution in [0.15, 0.2) is 30.3 Å². The van der Waals surface area contributed by atoms with Gasteiger partial charge in [0.2, 0.25) is 5.91 Å². The van der Waals surface area contributed by atoms with Gasteiger partial charge in [0.1, 0.15) is 0 Å². The van der Waals surface area contributed by atoms with Crippen LogP contribution >= 0.6 is 0 Å². The van der Waals surface area contributed by atoms with Gasteiger partial charge in [-0.3, -0.25) is 9.69 Å². The van der Waals surface area contributed by atoms with Gasteiger partial charge in [-0.1, -0.05) is 44.2 Å². The summed E-state index contributed by atoms with van der Waals surface area (Å²) in [5.41, 5.74) is 7.29. The average Bonchev–Trinajstić information content (AvgIpc) is 2.49. The van der Waals surface area contributed by atoms with Crippen molar-refractivity contribution in [1.82, 2.24) is 10.2 Å². The zero-order valence-electron chi connectivity index (χ0n) is 13.8. The van der Waals surface area contributed by atoms with Crippen molar-refractivity contribution in [3.05, 3.63) is 35.9 Å². The van der Waals surface area contributed by atoms with Gasteiger partial charge in [-0.15, -0.1) is 0 Å². The van der Waals surface area contributed by atoms with Crippen LogP contribution in [-0.2, 0) is 11.3 Å². The van der Waals surface area contributed by atoms with E-state index in [1.807, 2.05) is 6.07 Å². The van der Waals surface area contributed by atoms with Crippen molar-refractivity contribution in [1.29, 1.82) is 0 Å². The van der Waals surface area contributed by atoms with E-state index < -0.39 is 0 Å². The Hall–Kier alpha value is -1.39. The van der Waals surface area contributed by atoms with Gasteiger partial charge < -0.3 is 11.1 Å². The summed E-state index contributed by atoms with van der Waals surface area (Å²) in [5, 5.41) is 3.12. The summed E-state index contributed by atoms with van der Waals surface area (Å²) in [4.78, 5) is 14.5. The first kappa shape index (κ1) is 17.0. The van der Waals surface area contributed by atoms with E-state index in [9.17, 15) is 4.79 Å². The molecule has 1 saturated heterocycles. The van der Waals surface area contributed by atoms with Crippen molar-refractivity contribution < 1.29 is 4.79 Å². The van der Waals surface area contributed by atoms with Crippen molar-refractivity contribution in [3.8, 4) is 0 Å². The molecular weight excluding hydrogens is 274 g/mol. The lowest BCUT2D eigenvalue weighted by Gasteiger charge is -2.33. The van der Waals surface area contributed by atoms with Gasteiger partial charge in [0, 0.05) is 25.7 Å². The number of benzene rings is 1. The molecule has 1 aromatic rings. The standard InChI is InChI=1S/C18H29N3O/c1-14(2)12-17(19)18(22)20-16-8-10-21(11-9-16)13-15-6-4-3-5-7-15/h3-7,14,16-17H,8-13,19H2,1-2H3,(H,20,22)/t17-/m0/s1. The third kappa shape index (κ3) is 5.43. The molecule has 1 aromatic carbocycles. The lowest BCUT2D eigenvalue weighted by Crippen LogP contribution is -2.49. The van der Waals surface area contributed by atoms with E-state index in [1.165, 1.54) is 5.56 Å². The number of rotatable bonds is 6. The Labute approximate surface area is 134 Å². The molecule has 4 heteroatoms. The fraction of sp³-hybridized carbons (Fsp3) is 0.611. The highest BCUT2D eigenvalue weighted by atomic mass is 16.2. The Morgan fingerprint density at radius 2 is 1.91 bits per heavy atom. The van der Waals surface area contributed by atoms with Gasteiger partial charge in [0.25, 0.3) is 0 Å². The van der Waals surface area contributed by atoms with E-state index in [0.29, 0.717) is 5.92 Å². The Balaban J connectivity index is 1.72. The number of likely N-dealkylation sites (tertiary alicyclic amines) is 1. The van der Waals surface area contributed by atoms with Crippen LogP contribution in [-0.4, -0.2) is 36.0 Å². The molecule has 122 valence electrons. The first-order valence-corrected chi connectivity index (χ1v) is 8.37. The maximum absolute atomic E-state index is 12.1. The highest BCUT2D eigenvalue weighted by Gasteiger charge is 2.23. The number of amides is 1. The second kappa shape index (κ2) is 8.30. The average molecular weight is 303 g/mol. The van der Waals surface area contributed by atoms with Crippen LogP contribution in [0.4, 0.5) is 0 Å². The molecule has 0 aliphatic carbocycles. The minimum atomic E-state index is -0.373. The molecule has 1 fully saturated rings. The summed E-state index contributed by atoms with van der Waals surface area (Å²) in [6.45, 7) is 7.23. The predicted molar refractivity (Wildman–Crippen MR) is 90.3 cm³/mol. The van der Waals surface area contributed by atoms with Gasteiger partial charge in [-0.2, -0.15) is 0 Å². The third-order valence-electron chi connectivity index (χ3n) is 4.25. The van der Waals surface area contributed by atoms with Crippen LogP contribution in [0.3, 0.4) is 0 Å². The first-order chi connectivity index (χ1) is 10.5. The van der Waals surface area contributed by atoms with E-state index in [-0.39, 0.29) is 18.0 Å². The summed E-state index contributed by atoms with van der Waals surface area (Å²) >= 11 is 0. The quantitative estimate of drug-likeness (QED) is 0.846. The van der Waals surface area contributed by atoms with Crippen molar-refractivity contribution in [3.63, 3.8) is 0 Å². The molecule has 3 N–H and O–H groups in total. The highest BCUT2D eigenvalue weighted by molar-refractivity contribution is 5.81. The molecular formula is C18H29N3O.